The highest BCUT2D eigenvalue weighted by Crippen LogP contribution is 2.43. The quantitative estimate of drug-likeness (QED) is 0.848. The van der Waals surface area contributed by atoms with Crippen molar-refractivity contribution in [1.29, 1.82) is 0 Å². The number of fused-ring (bicyclic) bond motifs is 1. The lowest BCUT2D eigenvalue weighted by Gasteiger charge is -2.41. The fourth-order valence-corrected chi connectivity index (χ4v) is 3.69. The molecule has 0 saturated carbocycles. The second-order valence-corrected chi connectivity index (χ2v) is 6.82. The van der Waals surface area contributed by atoms with Crippen molar-refractivity contribution < 1.29 is 5.11 Å². The van der Waals surface area contributed by atoms with E-state index in [1.807, 2.05) is 18.2 Å². The Hall–Kier alpha value is -1.32. The number of hydrogen-bond acceptors (Lipinski definition) is 2. The third-order valence-corrected chi connectivity index (χ3v) is 4.98. The topological polar surface area (TPSA) is 32.3 Å². The maximum absolute atomic E-state index is 10.1. The molecule has 2 unspecified atom stereocenters. The first-order valence-corrected chi connectivity index (χ1v) is 8.18. The Balaban J connectivity index is 2.03. The molecule has 0 aliphatic heterocycles. The van der Waals surface area contributed by atoms with Crippen molar-refractivity contribution in [3.8, 4) is 0 Å². The predicted molar refractivity (Wildman–Crippen MR) is 90.6 cm³/mol. The number of anilines is 1. The molecule has 1 aliphatic carbocycles. The summed E-state index contributed by atoms with van der Waals surface area (Å²) in [6, 6.07) is 16.6. The summed E-state index contributed by atoms with van der Waals surface area (Å²) in [5.74, 6) is 0.546. The molecule has 21 heavy (non-hydrogen) atoms. The van der Waals surface area contributed by atoms with Gasteiger partial charge < -0.3 is 10.4 Å². The molecule has 1 aliphatic rings. The van der Waals surface area contributed by atoms with E-state index in [-0.39, 0.29) is 12.1 Å². The number of hydrogen-bond donors (Lipinski definition) is 2. The number of aliphatic hydroxyl groups is 1. The maximum Gasteiger partial charge on any atom is 0.0859 e. The molecule has 0 radical (unpaired) electrons. The van der Waals surface area contributed by atoms with Gasteiger partial charge in [0.25, 0.3) is 0 Å². The first kappa shape index (κ1) is 14.6. The minimum atomic E-state index is -0.385. The molecule has 2 N–H and O–H groups in total. The number of nitrogens with one attached hydrogen (secondary N) is 1. The van der Waals surface area contributed by atoms with E-state index in [4.69, 9.17) is 0 Å². The van der Waals surface area contributed by atoms with Crippen LogP contribution < -0.4 is 5.32 Å². The summed E-state index contributed by atoms with van der Waals surface area (Å²) in [6.07, 6.45) is 2.02. The zero-order chi connectivity index (χ0) is 14.9. The van der Waals surface area contributed by atoms with Gasteiger partial charge in [-0.15, -0.1) is 0 Å². The van der Waals surface area contributed by atoms with Gasteiger partial charge in [0, 0.05) is 10.2 Å². The van der Waals surface area contributed by atoms with Gasteiger partial charge in [-0.3, -0.25) is 0 Å². The molecule has 2 aromatic rings. The van der Waals surface area contributed by atoms with Crippen LogP contribution in [-0.2, 0) is 5.54 Å². The largest absolute Gasteiger partial charge is 0.394 e. The fourth-order valence-electron chi connectivity index (χ4n) is 3.29. The van der Waals surface area contributed by atoms with E-state index in [9.17, 15) is 5.11 Å². The normalized spacial score (nSPS) is 24.4. The molecule has 2 atom stereocenters. The lowest BCUT2D eigenvalue weighted by molar-refractivity contribution is 0.190. The summed E-state index contributed by atoms with van der Waals surface area (Å²) < 4.78 is 1.04. The van der Waals surface area contributed by atoms with Crippen LogP contribution in [0.1, 0.15) is 36.8 Å². The predicted octanol–water partition coefficient (Wildman–Crippen LogP) is 4.65. The molecule has 2 nitrogen and oxygen atoms in total. The van der Waals surface area contributed by atoms with Gasteiger partial charge in [0.05, 0.1) is 12.1 Å². The highest BCUT2D eigenvalue weighted by Gasteiger charge is 2.38. The minimum absolute atomic E-state index is 0.100. The second-order valence-electron chi connectivity index (χ2n) is 5.90. The first-order chi connectivity index (χ1) is 10.1. The third kappa shape index (κ3) is 2.72. The molecule has 0 spiro atoms. The second kappa shape index (κ2) is 5.82. The van der Waals surface area contributed by atoms with Crippen LogP contribution in [0, 0.1) is 0 Å². The van der Waals surface area contributed by atoms with Gasteiger partial charge in [0.1, 0.15) is 0 Å². The van der Waals surface area contributed by atoms with E-state index >= 15 is 0 Å². The Labute approximate surface area is 134 Å². The van der Waals surface area contributed by atoms with E-state index in [1.165, 1.54) is 11.1 Å². The smallest absolute Gasteiger partial charge is 0.0859 e. The molecule has 0 bridgehead atoms. The lowest BCUT2D eigenvalue weighted by Crippen LogP contribution is -2.42. The average Bonchev–Trinajstić information content (AvgIpc) is 2.51. The molecule has 2 aromatic carbocycles. The molecular weight excluding hydrogens is 326 g/mol. The number of benzene rings is 2. The summed E-state index contributed by atoms with van der Waals surface area (Å²) in [5.41, 5.74) is 3.22. The van der Waals surface area contributed by atoms with Crippen molar-refractivity contribution >= 4 is 21.6 Å². The Morgan fingerprint density at radius 3 is 2.81 bits per heavy atom. The molecule has 0 heterocycles. The van der Waals surface area contributed by atoms with Crippen LogP contribution in [0.15, 0.2) is 53.0 Å². The van der Waals surface area contributed by atoms with Crippen LogP contribution in [0.3, 0.4) is 0 Å². The maximum atomic E-state index is 10.1. The third-order valence-electron chi connectivity index (χ3n) is 4.49. The fraction of sp³-hybridized carbons (Fsp3) is 0.333. The van der Waals surface area contributed by atoms with Gasteiger partial charge in [0.2, 0.25) is 0 Å². The lowest BCUT2D eigenvalue weighted by atomic mass is 9.72. The highest BCUT2D eigenvalue weighted by atomic mass is 79.9. The van der Waals surface area contributed by atoms with Gasteiger partial charge in [-0.2, -0.15) is 0 Å². The Morgan fingerprint density at radius 1 is 1.24 bits per heavy atom. The van der Waals surface area contributed by atoms with Crippen LogP contribution in [0.25, 0.3) is 0 Å². The van der Waals surface area contributed by atoms with Gasteiger partial charge >= 0.3 is 0 Å². The minimum Gasteiger partial charge on any atom is -0.394 e. The zero-order valence-electron chi connectivity index (χ0n) is 12.1. The molecule has 0 amide bonds. The molecule has 0 fully saturated rings. The number of rotatable bonds is 3. The summed E-state index contributed by atoms with van der Waals surface area (Å²) in [4.78, 5) is 0. The first-order valence-electron chi connectivity index (χ1n) is 7.39. The van der Waals surface area contributed by atoms with Gasteiger partial charge in [-0.25, -0.2) is 0 Å². The number of halogens is 1. The van der Waals surface area contributed by atoms with E-state index in [0.29, 0.717) is 5.92 Å². The van der Waals surface area contributed by atoms with E-state index in [0.717, 1.165) is 23.0 Å². The summed E-state index contributed by atoms with van der Waals surface area (Å²) in [7, 11) is 0. The molecule has 3 heteroatoms. The monoisotopic (exact) mass is 345 g/mol. The molecule has 110 valence electrons. The van der Waals surface area contributed by atoms with Crippen LogP contribution in [0.5, 0.6) is 0 Å². The van der Waals surface area contributed by atoms with Crippen LogP contribution in [0.4, 0.5) is 5.69 Å². The molecule has 0 saturated heterocycles. The van der Waals surface area contributed by atoms with Crippen molar-refractivity contribution in [2.75, 3.05) is 11.9 Å². The molecule has 0 aromatic heterocycles. The van der Waals surface area contributed by atoms with Crippen molar-refractivity contribution in [2.45, 2.75) is 31.2 Å². The van der Waals surface area contributed by atoms with Crippen molar-refractivity contribution in [2.24, 2.45) is 0 Å². The van der Waals surface area contributed by atoms with Gasteiger partial charge in [-0.05, 0) is 48.1 Å². The van der Waals surface area contributed by atoms with Crippen molar-refractivity contribution in [3.63, 3.8) is 0 Å². The summed E-state index contributed by atoms with van der Waals surface area (Å²) in [6.45, 7) is 2.36. The number of aliphatic hydroxyl groups excluding tert-OH is 1. The van der Waals surface area contributed by atoms with E-state index in [1.54, 1.807) is 0 Å². The van der Waals surface area contributed by atoms with Crippen LogP contribution in [-0.4, -0.2) is 11.7 Å². The van der Waals surface area contributed by atoms with Crippen LogP contribution >= 0.6 is 15.9 Å². The Kier molecular flexibility index (Phi) is 4.05. The standard InChI is InChI=1S/C18H20BrNO/c1-13-9-10-18(12-21,17-8-3-2-7-16(13)17)20-15-6-4-5-14(19)11-15/h2-8,11,13,20-21H,9-10,12H2,1H3. The van der Waals surface area contributed by atoms with Crippen LogP contribution in [0.2, 0.25) is 0 Å². The Morgan fingerprint density at radius 2 is 2.05 bits per heavy atom. The van der Waals surface area contributed by atoms with E-state index < -0.39 is 0 Å². The van der Waals surface area contributed by atoms with Gasteiger partial charge in [0.15, 0.2) is 0 Å². The van der Waals surface area contributed by atoms with E-state index in [2.05, 4.69) is 58.5 Å². The molecular formula is C18H20BrNO. The summed E-state index contributed by atoms with van der Waals surface area (Å²) >= 11 is 3.51. The van der Waals surface area contributed by atoms with Crippen molar-refractivity contribution in [1.82, 2.24) is 0 Å². The van der Waals surface area contributed by atoms with Crippen molar-refractivity contribution in [3.05, 3.63) is 64.1 Å². The summed E-state index contributed by atoms with van der Waals surface area (Å²) in [5, 5.41) is 13.7. The zero-order valence-corrected chi connectivity index (χ0v) is 13.7. The van der Waals surface area contributed by atoms with Gasteiger partial charge in [-0.1, -0.05) is 53.2 Å². The molecule has 3 rings (SSSR count). The highest BCUT2D eigenvalue weighted by molar-refractivity contribution is 9.10. The Bertz CT molecular complexity index is 643. The average molecular weight is 346 g/mol. The SMILES string of the molecule is CC1CCC(CO)(Nc2cccc(Br)c2)c2ccccc21.